The highest BCUT2D eigenvalue weighted by Crippen LogP contribution is 2.20. The SMILES string of the molecule is O=C(O)CNS(=O)(=O)c1ccc(-c2ccccc2)cc1. The van der Waals surface area contributed by atoms with Crippen LogP contribution in [0, 0.1) is 0 Å². The van der Waals surface area contributed by atoms with Gasteiger partial charge in [-0.1, -0.05) is 42.5 Å². The van der Waals surface area contributed by atoms with Crippen molar-refractivity contribution in [2.75, 3.05) is 6.54 Å². The highest BCUT2D eigenvalue weighted by Gasteiger charge is 2.14. The zero-order valence-electron chi connectivity index (χ0n) is 10.5. The van der Waals surface area contributed by atoms with Crippen molar-refractivity contribution in [3.05, 3.63) is 54.6 Å². The minimum Gasteiger partial charge on any atom is -0.480 e. The third-order valence-corrected chi connectivity index (χ3v) is 4.10. The number of sulfonamides is 1. The average molecular weight is 291 g/mol. The van der Waals surface area contributed by atoms with Gasteiger partial charge in [0.25, 0.3) is 0 Å². The van der Waals surface area contributed by atoms with E-state index in [-0.39, 0.29) is 4.90 Å². The van der Waals surface area contributed by atoms with Crippen LogP contribution in [0.5, 0.6) is 0 Å². The second-order valence-corrected chi connectivity index (χ2v) is 5.88. The minimum absolute atomic E-state index is 0.0402. The Morgan fingerprint density at radius 3 is 2.05 bits per heavy atom. The first-order chi connectivity index (χ1) is 9.49. The molecule has 5 nitrogen and oxygen atoms in total. The molecule has 104 valence electrons. The van der Waals surface area contributed by atoms with Crippen molar-refractivity contribution in [1.82, 2.24) is 4.72 Å². The Bertz CT molecular complexity index is 694. The quantitative estimate of drug-likeness (QED) is 0.878. The largest absolute Gasteiger partial charge is 0.480 e. The van der Waals surface area contributed by atoms with Crippen LogP contribution in [0.1, 0.15) is 0 Å². The van der Waals surface area contributed by atoms with Crippen molar-refractivity contribution in [3.63, 3.8) is 0 Å². The van der Waals surface area contributed by atoms with Gasteiger partial charge in [0.15, 0.2) is 0 Å². The smallest absolute Gasteiger partial charge is 0.318 e. The second-order valence-electron chi connectivity index (χ2n) is 4.11. The first kappa shape index (κ1) is 14.2. The molecule has 2 rings (SSSR count). The van der Waals surface area contributed by atoms with E-state index < -0.39 is 22.5 Å². The van der Waals surface area contributed by atoms with Gasteiger partial charge in [0.05, 0.1) is 4.90 Å². The van der Waals surface area contributed by atoms with Gasteiger partial charge in [-0.3, -0.25) is 4.79 Å². The number of carbonyl (C=O) groups is 1. The van der Waals surface area contributed by atoms with E-state index in [2.05, 4.69) is 0 Å². The van der Waals surface area contributed by atoms with Gasteiger partial charge < -0.3 is 5.11 Å². The fraction of sp³-hybridized carbons (Fsp3) is 0.0714. The van der Waals surface area contributed by atoms with Crippen molar-refractivity contribution in [3.8, 4) is 11.1 Å². The lowest BCUT2D eigenvalue weighted by Crippen LogP contribution is -2.29. The van der Waals surface area contributed by atoms with Crippen molar-refractivity contribution < 1.29 is 18.3 Å². The fourth-order valence-electron chi connectivity index (χ4n) is 1.70. The zero-order chi connectivity index (χ0) is 14.6. The van der Waals surface area contributed by atoms with E-state index in [1.807, 2.05) is 35.1 Å². The van der Waals surface area contributed by atoms with Gasteiger partial charge in [-0.2, -0.15) is 4.72 Å². The molecule has 20 heavy (non-hydrogen) atoms. The Labute approximate surface area is 116 Å². The second kappa shape index (κ2) is 5.85. The number of benzene rings is 2. The maximum atomic E-state index is 11.8. The van der Waals surface area contributed by atoms with Gasteiger partial charge in [0, 0.05) is 0 Å². The van der Waals surface area contributed by atoms with E-state index in [1.54, 1.807) is 12.1 Å². The van der Waals surface area contributed by atoms with E-state index in [4.69, 9.17) is 5.11 Å². The van der Waals surface area contributed by atoms with Crippen LogP contribution in [0.2, 0.25) is 0 Å². The maximum absolute atomic E-state index is 11.8. The summed E-state index contributed by atoms with van der Waals surface area (Å²) in [5, 5.41) is 8.49. The Kier molecular flexibility index (Phi) is 4.16. The summed E-state index contributed by atoms with van der Waals surface area (Å²) in [6.45, 7) is -0.636. The van der Waals surface area contributed by atoms with Crippen LogP contribution in [0.25, 0.3) is 11.1 Å². The molecule has 0 amide bonds. The number of rotatable bonds is 5. The molecule has 2 aromatic carbocycles. The predicted molar refractivity (Wildman–Crippen MR) is 74.7 cm³/mol. The third kappa shape index (κ3) is 3.43. The Morgan fingerprint density at radius 1 is 0.950 bits per heavy atom. The fourth-order valence-corrected chi connectivity index (χ4v) is 2.67. The predicted octanol–water partition coefficient (Wildman–Crippen LogP) is 1.72. The summed E-state index contributed by atoms with van der Waals surface area (Å²) in [5.41, 5.74) is 1.87. The molecular formula is C14H13NO4S. The highest BCUT2D eigenvalue weighted by molar-refractivity contribution is 7.89. The van der Waals surface area contributed by atoms with E-state index in [0.29, 0.717) is 0 Å². The Morgan fingerprint density at radius 2 is 1.50 bits per heavy atom. The van der Waals surface area contributed by atoms with Crippen molar-refractivity contribution in [1.29, 1.82) is 0 Å². The number of aliphatic carboxylic acids is 1. The summed E-state index contributed by atoms with van der Waals surface area (Å²) >= 11 is 0. The summed E-state index contributed by atoms with van der Waals surface area (Å²) < 4.78 is 25.6. The van der Waals surface area contributed by atoms with Gasteiger partial charge in [-0.25, -0.2) is 8.42 Å². The highest BCUT2D eigenvalue weighted by atomic mass is 32.2. The summed E-state index contributed by atoms with van der Waals surface area (Å²) in [4.78, 5) is 10.4. The molecule has 0 aliphatic heterocycles. The molecule has 0 saturated heterocycles. The van der Waals surface area contributed by atoms with E-state index >= 15 is 0 Å². The molecule has 0 aliphatic rings. The molecule has 0 unspecified atom stereocenters. The van der Waals surface area contributed by atoms with Crippen molar-refractivity contribution >= 4 is 16.0 Å². The van der Waals surface area contributed by atoms with Gasteiger partial charge in [0.2, 0.25) is 10.0 Å². The summed E-state index contributed by atoms with van der Waals surface area (Å²) in [5.74, 6) is -1.23. The van der Waals surface area contributed by atoms with Crippen LogP contribution < -0.4 is 4.72 Å². The number of carboxylic acid groups (broad SMARTS) is 1. The zero-order valence-corrected chi connectivity index (χ0v) is 11.3. The lowest BCUT2D eigenvalue weighted by Gasteiger charge is -2.06. The first-order valence-electron chi connectivity index (χ1n) is 5.86. The molecule has 0 spiro atoms. The lowest BCUT2D eigenvalue weighted by molar-refractivity contribution is -0.135. The maximum Gasteiger partial charge on any atom is 0.318 e. The van der Waals surface area contributed by atoms with Crippen molar-refractivity contribution in [2.24, 2.45) is 0 Å². The number of nitrogens with one attached hydrogen (secondary N) is 1. The molecule has 0 heterocycles. The van der Waals surface area contributed by atoms with Crippen LogP contribution >= 0.6 is 0 Å². The molecule has 0 saturated carbocycles. The molecular weight excluding hydrogens is 278 g/mol. The molecule has 0 atom stereocenters. The number of hydrogen-bond acceptors (Lipinski definition) is 3. The summed E-state index contributed by atoms with van der Waals surface area (Å²) in [6, 6.07) is 15.8. The molecule has 0 bridgehead atoms. The average Bonchev–Trinajstić information content (AvgIpc) is 2.46. The minimum atomic E-state index is -3.79. The van der Waals surface area contributed by atoms with Gasteiger partial charge in [-0.15, -0.1) is 0 Å². The topological polar surface area (TPSA) is 83.5 Å². The number of hydrogen-bond donors (Lipinski definition) is 2. The molecule has 0 aromatic heterocycles. The molecule has 2 N–H and O–H groups in total. The normalized spacial score (nSPS) is 11.2. The Hall–Kier alpha value is -2.18. The van der Waals surface area contributed by atoms with Crippen LogP contribution in [-0.4, -0.2) is 26.0 Å². The monoisotopic (exact) mass is 291 g/mol. The summed E-state index contributed by atoms with van der Waals surface area (Å²) in [7, 11) is -3.79. The van der Waals surface area contributed by atoms with Gasteiger partial charge in [0.1, 0.15) is 6.54 Å². The Balaban J connectivity index is 2.22. The van der Waals surface area contributed by atoms with E-state index in [0.717, 1.165) is 11.1 Å². The lowest BCUT2D eigenvalue weighted by atomic mass is 10.1. The third-order valence-electron chi connectivity index (χ3n) is 2.69. The van der Waals surface area contributed by atoms with Crippen LogP contribution in [-0.2, 0) is 14.8 Å². The standard InChI is InChI=1S/C14H13NO4S/c16-14(17)10-15-20(18,19)13-8-6-12(7-9-13)11-4-2-1-3-5-11/h1-9,15H,10H2,(H,16,17). The van der Waals surface area contributed by atoms with Gasteiger partial charge >= 0.3 is 5.97 Å². The van der Waals surface area contributed by atoms with Crippen LogP contribution in [0.3, 0.4) is 0 Å². The summed E-state index contributed by atoms with van der Waals surface area (Å²) in [6.07, 6.45) is 0. The molecule has 0 radical (unpaired) electrons. The van der Waals surface area contributed by atoms with Gasteiger partial charge in [-0.05, 0) is 23.3 Å². The van der Waals surface area contributed by atoms with Crippen LogP contribution in [0.15, 0.2) is 59.5 Å². The molecule has 0 aliphatic carbocycles. The number of carboxylic acids is 1. The first-order valence-corrected chi connectivity index (χ1v) is 7.34. The van der Waals surface area contributed by atoms with E-state index in [1.165, 1.54) is 12.1 Å². The molecule has 6 heteroatoms. The molecule has 2 aromatic rings. The van der Waals surface area contributed by atoms with Crippen LogP contribution in [0.4, 0.5) is 0 Å². The van der Waals surface area contributed by atoms with Crippen molar-refractivity contribution in [2.45, 2.75) is 4.90 Å². The van der Waals surface area contributed by atoms with E-state index in [9.17, 15) is 13.2 Å². The molecule has 0 fully saturated rings.